The molecule has 0 spiro atoms. The molecule has 98 valence electrons. The van der Waals surface area contributed by atoms with Gasteiger partial charge in [0.25, 0.3) is 5.91 Å². The molecular weight excluding hydrogens is 483 g/mol. The van der Waals surface area contributed by atoms with Crippen LogP contribution in [0.1, 0.15) is 10.4 Å². The minimum atomic E-state index is -0.409. The van der Waals surface area contributed by atoms with Gasteiger partial charge in [-0.3, -0.25) is 9.59 Å². The third-order valence-corrected chi connectivity index (χ3v) is 4.20. The number of amides is 1. The summed E-state index contributed by atoms with van der Waals surface area (Å²) in [6, 6.07) is 5.08. The fraction of sp³-hybridized carbons (Fsp3) is 0.273. The van der Waals surface area contributed by atoms with E-state index in [1.54, 1.807) is 18.2 Å². The molecule has 1 atom stereocenters. The Balaban J connectivity index is 2.66. The SMILES string of the molecule is COC(=O)C(I)CNC(=O)c1cc(Cl)ccc1I. The Bertz CT molecular complexity index is 468. The highest BCUT2D eigenvalue weighted by Gasteiger charge is 2.17. The van der Waals surface area contributed by atoms with Gasteiger partial charge in [-0.2, -0.15) is 0 Å². The molecule has 0 heterocycles. The average molecular weight is 493 g/mol. The topological polar surface area (TPSA) is 55.4 Å². The molecule has 4 nitrogen and oxygen atoms in total. The first kappa shape index (κ1) is 16.0. The second-order valence-corrected chi connectivity index (χ2v) is 6.43. The molecular formula is C11H10ClI2NO3. The zero-order valence-electron chi connectivity index (χ0n) is 9.38. The van der Waals surface area contributed by atoms with E-state index in [9.17, 15) is 9.59 Å². The van der Waals surface area contributed by atoms with E-state index in [0.29, 0.717) is 10.6 Å². The number of esters is 1. The first-order valence-corrected chi connectivity index (χ1v) is 7.61. The van der Waals surface area contributed by atoms with Gasteiger partial charge in [0.2, 0.25) is 0 Å². The number of ether oxygens (including phenoxy) is 1. The maximum absolute atomic E-state index is 11.9. The van der Waals surface area contributed by atoms with Gasteiger partial charge >= 0.3 is 5.97 Å². The summed E-state index contributed by atoms with van der Waals surface area (Å²) in [4.78, 5) is 23.1. The summed E-state index contributed by atoms with van der Waals surface area (Å²) < 4.78 is 4.97. The Morgan fingerprint density at radius 2 is 2.17 bits per heavy atom. The van der Waals surface area contributed by atoms with Crippen LogP contribution in [0, 0.1) is 3.57 Å². The lowest BCUT2D eigenvalue weighted by atomic mass is 10.2. The van der Waals surface area contributed by atoms with Crippen molar-refractivity contribution in [1.29, 1.82) is 0 Å². The number of halogens is 3. The van der Waals surface area contributed by atoms with Gasteiger partial charge in [0, 0.05) is 15.1 Å². The Labute approximate surface area is 137 Å². The highest BCUT2D eigenvalue weighted by Crippen LogP contribution is 2.17. The van der Waals surface area contributed by atoms with Crippen LogP contribution in [0.4, 0.5) is 0 Å². The van der Waals surface area contributed by atoms with Crippen molar-refractivity contribution in [2.24, 2.45) is 0 Å². The molecule has 0 saturated heterocycles. The van der Waals surface area contributed by atoms with Gasteiger partial charge in [-0.05, 0) is 40.8 Å². The van der Waals surface area contributed by atoms with Crippen molar-refractivity contribution < 1.29 is 14.3 Å². The molecule has 0 radical (unpaired) electrons. The zero-order chi connectivity index (χ0) is 13.7. The van der Waals surface area contributed by atoms with Crippen LogP contribution in [-0.4, -0.2) is 29.5 Å². The van der Waals surface area contributed by atoms with Crippen LogP contribution >= 0.6 is 56.8 Å². The quantitative estimate of drug-likeness (QED) is 0.399. The first-order valence-electron chi connectivity index (χ1n) is 4.91. The molecule has 7 heteroatoms. The fourth-order valence-electron chi connectivity index (χ4n) is 1.16. The van der Waals surface area contributed by atoms with Crippen molar-refractivity contribution in [2.45, 2.75) is 3.92 Å². The summed E-state index contributed by atoms with van der Waals surface area (Å²) in [5, 5.41) is 3.17. The normalized spacial score (nSPS) is 11.8. The number of carbonyl (C=O) groups excluding carboxylic acids is 2. The van der Waals surface area contributed by atoms with Crippen LogP contribution in [0.5, 0.6) is 0 Å². The third-order valence-electron chi connectivity index (χ3n) is 2.07. The maximum Gasteiger partial charge on any atom is 0.320 e. The number of alkyl halides is 1. The van der Waals surface area contributed by atoms with E-state index in [-0.39, 0.29) is 18.4 Å². The standard InChI is InChI=1S/C11H10ClI2NO3/c1-18-11(17)9(14)5-15-10(16)7-4-6(12)2-3-8(7)13/h2-4,9H,5H2,1H3,(H,15,16). The van der Waals surface area contributed by atoms with Gasteiger partial charge < -0.3 is 10.1 Å². The average Bonchev–Trinajstić information content (AvgIpc) is 2.37. The molecule has 1 amide bonds. The molecule has 0 bridgehead atoms. The van der Waals surface area contributed by atoms with Crippen molar-refractivity contribution in [3.8, 4) is 0 Å². The smallest absolute Gasteiger partial charge is 0.320 e. The molecule has 1 aromatic rings. The Hall–Kier alpha value is -0.0900. The molecule has 1 unspecified atom stereocenters. The predicted molar refractivity (Wildman–Crippen MR) is 86.3 cm³/mol. The van der Waals surface area contributed by atoms with Gasteiger partial charge in [0.05, 0.1) is 12.7 Å². The van der Waals surface area contributed by atoms with Crippen molar-refractivity contribution in [1.82, 2.24) is 5.32 Å². The number of methoxy groups -OCH3 is 1. The summed E-state index contributed by atoms with van der Waals surface area (Å²) in [5.74, 6) is -0.621. The Morgan fingerprint density at radius 1 is 1.50 bits per heavy atom. The molecule has 18 heavy (non-hydrogen) atoms. The molecule has 0 fully saturated rings. The van der Waals surface area contributed by atoms with E-state index in [1.807, 2.05) is 22.6 Å². The van der Waals surface area contributed by atoms with Crippen molar-refractivity contribution in [2.75, 3.05) is 13.7 Å². The monoisotopic (exact) mass is 493 g/mol. The Morgan fingerprint density at radius 3 is 2.78 bits per heavy atom. The number of hydrogen-bond acceptors (Lipinski definition) is 3. The second-order valence-electron chi connectivity index (χ2n) is 3.32. The van der Waals surface area contributed by atoms with E-state index in [2.05, 4.69) is 32.6 Å². The number of nitrogens with one attached hydrogen (secondary N) is 1. The predicted octanol–water partition coefficient (Wildman–Crippen LogP) is 2.65. The second kappa shape index (κ2) is 7.49. The molecule has 0 aromatic heterocycles. The first-order chi connectivity index (χ1) is 8.45. The van der Waals surface area contributed by atoms with Crippen LogP contribution in [0.15, 0.2) is 18.2 Å². The van der Waals surface area contributed by atoms with E-state index in [4.69, 9.17) is 11.6 Å². The number of hydrogen-bond donors (Lipinski definition) is 1. The lowest BCUT2D eigenvalue weighted by Gasteiger charge is -2.10. The van der Waals surface area contributed by atoms with Gasteiger partial charge in [0.1, 0.15) is 3.92 Å². The lowest BCUT2D eigenvalue weighted by molar-refractivity contribution is -0.139. The lowest BCUT2D eigenvalue weighted by Crippen LogP contribution is -2.34. The zero-order valence-corrected chi connectivity index (χ0v) is 14.4. The van der Waals surface area contributed by atoms with Crippen LogP contribution in [0.3, 0.4) is 0 Å². The van der Waals surface area contributed by atoms with Crippen LogP contribution in [0.2, 0.25) is 5.02 Å². The molecule has 1 rings (SSSR count). The van der Waals surface area contributed by atoms with Gasteiger partial charge in [0.15, 0.2) is 0 Å². The van der Waals surface area contributed by atoms with Crippen LogP contribution in [-0.2, 0) is 9.53 Å². The molecule has 0 saturated carbocycles. The van der Waals surface area contributed by atoms with Crippen LogP contribution in [0.25, 0.3) is 0 Å². The molecule has 0 aliphatic heterocycles. The van der Waals surface area contributed by atoms with E-state index in [0.717, 1.165) is 3.57 Å². The molecule has 1 aromatic carbocycles. The number of carbonyl (C=O) groups is 2. The highest BCUT2D eigenvalue weighted by molar-refractivity contribution is 14.1. The molecule has 0 aliphatic carbocycles. The van der Waals surface area contributed by atoms with Gasteiger partial charge in [-0.15, -0.1) is 0 Å². The van der Waals surface area contributed by atoms with Crippen molar-refractivity contribution in [3.63, 3.8) is 0 Å². The van der Waals surface area contributed by atoms with E-state index >= 15 is 0 Å². The van der Waals surface area contributed by atoms with Gasteiger partial charge in [-0.1, -0.05) is 34.2 Å². The third kappa shape index (κ3) is 4.54. The Kier molecular flexibility index (Phi) is 6.64. The fourth-order valence-corrected chi connectivity index (χ4v) is 2.39. The highest BCUT2D eigenvalue weighted by atomic mass is 127. The summed E-state index contributed by atoms with van der Waals surface area (Å²) in [7, 11) is 1.32. The number of rotatable bonds is 4. The van der Waals surface area contributed by atoms with E-state index in [1.165, 1.54) is 7.11 Å². The van der Waals surface area contributed by atoms with Crippen molar-refractivity contribution >= 4 is 68.7 Å². The van der Waals surface area contributed by atoms with E-state index < -0.39 is 3.92 Å². The van der Waals surface area contributed by atoms with Gasteiger partial charge in [-0.25, -0.2) is 0 Å². The summed E-state index contributed by atoms with van der Waals surface area (Å²) in [6.07, 6.45) is 0. The largest absolute Gasteiger partial charge is 0.468 e. The molecule has 1 N–H and O–H groups in total. The maximum atomic E-state index is 11.9. The number of benzene rings is 1. The van der Waals surface area contributed by atoms with Crippen molar-refractivity contribution in [3.05, 3.63) is 32.4 Å². The van der Waals surface area contributed by atoms with Crippen LogP contribution < -0.4 is 5.32 Å². The molecule has 0 aliphatic rings. The minimum absolute atomic E-state index is 0.217. The minimum Gasteiger partial charge on any atom is -0.468 e. The summed E-state index contributed by atoms with van der Waals surface area (Å²) >= 11 is 9.81. The summed E-state index contributed by atoms with van der Waals surface area (Å²) in [6.45, 7) is 0.217. The summed E-state index contributed by atoms with van der Waals surface area (Å²) in [5.41, 5.74) is 0.497.